The summed E-state index contributed by atoms with van der Waals surface area (Å²) in [6.07, 6.45) is 3.12. The van der Waals surface area contributed by atoms with Gasteiger partial charge >= 0.3 is 0 Å². The number of amides is 1. The van der Waals surface area contributed by atoms with Gasteiger partial charge in [-0.2, -0.15) is 5.10 Å². The Labute approximate surface area is 133 Å². The average Bonchev–Trinajstić information content (AvgIpc) is 3.06. The van der Waals surface area contributed by atoms with E-state index in [1.807, 2.05) is 37.3 Å². The Kier molecular flexibility index (Phi) is 4.19. The number of nitrogens with one attached hydrogen (secondary N) is 1. The van der Waals surface area contributed by atoms with Crippen LogP contribution in [0.5, 0.6) is 0 Å². The fourth-order valence-corrected chi connectivity index (χ4v) is 2.28. The minimum absolute atomic E-state index is 0.0992. The highest BCUT2D eigenvalue weighted by atomic mass is 19.1. The van der Waals surface area contributed by atoms with Crippen LogP contribution in [0.15, 0.2) is 67.0 Å². The van der Waals surface area contributed by atoms with Gasteiger partial charge in [-0.3, -0.25) is 4.79 Å². The number of carbonyl (C=O) groups excluding carboxylic acids is 1. The lowest BCUT2D eigenvalue weighted by Gasteiger charge is -2.13. The molecule has 0 bridgehead atoms. The predicted molar refractivity (Wildman–Crippen MR) is 85.8 cm³/mol. The third kappa shape index (κ3) is 3.45. The molecule has 1 N–H and O–H groups in total. The summed E-state index contributed by atoms with van der Waals surface area (Å²) in [6.45, 7) is 1.93. The third-order valence-electron chi connectivity index (χ3n) is 3.58. The highest BCUT2D eigenvalue weighted by Crippen LogP contribution is 2.13. The molecule has 1 heterocycles. The van der Waals surface area contributed by atoms with Gasteiger partial charge in [0.2, 0.25) is 0 Å². The maximum Gasteiger partial charge on any atom is 0.254 e. The zero-order valence-electron chi connectivity index (χ0n) is 12.6. The zero-order valence-corrected chi connectivity index (χ0v) is 12.6. The van der Waals surface area contributed by atoms with Crippen molar-refractivity contribution in [3.63, 3.8) is 0 Å². The molecule has 116 valence electrons. The molecule has 0 aliphatic carbocycles. The van der Waals surface area contributed by atoms with Crippen LogP contribution in [-0.4, -0.2) is 15.7 Å². The van der Waals surface area contributed by atoms with E-state index in [9.17, 15) is 9.18 Å². The van der Waals surface area contributed by atoms with Crippen LogP contribution in [0.2, 0.25) is 0 Å². The first kappa shape index (κ1) is 15.0. The van der Waals surface area contributed by atoms with Crippen LogP contribution in [0.25, 0.3) is 5.69 Å². The Morgan fingerprint density at radius 2 is 1.83 bits per heavy atom. The molecule has 0 saturated heterocycles. The van der Waals surface area contributed by atoms with Crippen LogP contribution in [0, 0.1) is 5.82 Å². The highest BCUT2D eigenvalue weighted by Gasteiger charge is 2.13. The molecule has 0 radical (unpaired) electrons. The molecule has 3 aromatic rings. The van der Waals surface area contributed by atoms with Gasteiger partial charge in [0.15, 0.2) is 0 Å². The maximum absolute atomic E-state index is 12.9. The summed E-state index contributed by atoms with van der Waals surface area (Å²) in [4.78, 5) is 12.3. The van der Waals surface area contributed by atoms with Crippen molar-refractivity contribution in [3.8, 4) is 5.69 Å². The molecule has 4 nitrogen and oxygen atoms in total. The van der Waals surface area contributed by atoms with Crippen molar-refractivity contribution in [3.05, 3.63) is 83.9 Å². The van der Waals surface area contributed by atoms with Gasteiger partial charge in [0.1, 0.15) is 5.82 Å². The lowest BCUT2D eigenvalue weighted by Crippen LogP contribution is -2.26. The summed E-state index contributed by atoms with van der Waals surface area (Å²) in [7, 11) is 0. The van der Waals surface area contributed by atoms with E-state index in [1.165, 1.54) is 18.3 Å². The van der Waals surface area contributed by atoms with E-state index in [1.54, 1.807) is 23.0 Å². The number of carbonyl (C=O) groups is 1. The van der Waals surface area contributed by atoms with Gasteiger partial charge in [0.25, 0.3) is 5.91 Å². The number of hydrogen-bond donors (Lipinski definition) is 1. The molecular weight excluding hydrogens is 293 g/mol. The molecule has 0 unspecified atom stereocenters. The Bertz CT molecular complexity index is 797. The van der Waals surface area contributed by atoms with Crippen LogP contribution in [0.1, 0.15) is 28.9 Å². The standard InChI is InChI=1S/C18H16FN3O/c1-13(14-5-3-2-4-6-14)21-18(23)15-11-20-22(12-15)17-9-7-16(19)8-10-17/h2-13H,1H3,(H,21,23)/t13-/m0/s1. The topological polar surface area (TPSA) is 46.9 Å². The first-order valence-electron chi connectivity index (χ1n) is 7.30. The Balaban J connectivity index is 1.72. The van der Waals surface area contributed by atoms with Gasteiger partial charge in [0.05, 0.1) is 23.5 Å². The Morgan fingerprint density at radius 1 is 1.13 bits per heavy atom. The SMILES string of the molecule is C[C@H](NC(=O)c1cnn(-c2ccc(F)cc2)c1)c1ccccc1. The summed E-state index contributed by atoms with van der Waals surface area (Å²) in [5.41, 5.74) is 2.19. The summed E-state index contributed by atoms with van der Waals surface area (Å²) >= 11 is 0. The summed E-state index contributed by atoms with van der Waals surface area (Å²) in [6, 6.07) is 15.6. The highest BCUT2D eigenvalue weighted by molar-refractivity contribution is 5.94. The fourth-order valence-electron chi connectivity index (χ4n) is 2.28. The van der Waals surface area contributed by atoms with Crippen molar-refractivity contribution in [1.82, 2.24) is 15.1 Å². The van der Waals surface area contributed by atoms with Gasteiger partial charge in [-0.1, -0.05) is 30.3 Å². The van der Waals surface area contributed by atoms with Crippen LogP contribution < -0.4 is 5.32 Å². The van der Waals surface area contributed by atoms with E-state index in [0.29, 0.717) is 11.3 Å². The Morgan fingerprint density at radius 3 is 2.52 bits per heavy atom. The van der Waals surface area contributed by atoms with E-state index in [-0.39, 0.29) is 17.8 Å². The average molecular weight is 309 g/mol. The van der Waals surface area contributed by atoms with E-state index >= 15 is 0 Å². The number of halogens is 1. The largest absolute Gasteiger partial charge is 0.345 e. The van der Waals surface area contributed by atoms with Crippen LogP contribution >= 0.6 is 0 Å². The molecule has 2 aromatic carbocycles. The van der Waals surface area contributed by atoms with E-state index in [0.717, 1.165) is 5.56 Å². The normalized spacial score (nSPS) is 11.9. The van der Waals surface area contributed by atoms with Crippen molar-refractivity contribution in [2.75, 3.05) is 0 Å². The summed E-state index contributed by atoms with van der Waals surface area (Å²) in [5.74, 6) is -0.509. The van der Waals surface area contributed by atoms with E-state index in [2.05, 4.69) is 10.4 Å². The van der Waals surface area contributed by atoms with E-state index < -0.39 is 0 Å². The number of rotatable bonds is 4. The first-order valence-corrected chi connectivity index (χ1v) is 7.30. The van der Waals surface area contributed by atoms with Gasteiger partial charge in [-0.25, -0.2) is 9.07 Å². The summed E-state index contributed by atoms with van der Waals surface area (Å²) < 4.78 is 14.5. The maximum atomic E-state index is 12.9. The second-order valence-electron chi connectivity index (χ2n) is 5.26. The van der Waals surface area contributed by atoms with Crippen molar-refractivity contribution >= 4 is 5.91 Å². The minimum atomic E-state index is -0.310. The summed E-state index contributed by atoms with van der Waals surface area (Å²) in [5, 5.41) is 7.08. The molecule has 0 aliphatic rings. The number of benzene rings is 2. The molecule has 1 amide bonds. The van der Waals surface area contributed by atoms with Crippen LogP contribution in [-0.2, 0) is 0 Å². The molecule has 0 spiro atoms. The van der Waals surface area contributed by atoms with Crippen LogP contribution in [0.4, 0.5) is 4.39 Å². The molecular formula is C18H16FN3O. The molecule has 3 rings (SSSR count). The molecule has 1 aromatic heterocycles. The Hall–Kier alpha value is -2.95. The monoisotopic (exact) mass is 309 g/mol. The van der Waals surface area contributed by atoms with Crippen molar-refractivity contribution < 1.29 is 9.18 Å². The molecule has 0 fully saturated rings. The quantitative estimate of drug-likeness (QED) is 0.802. The number of nitrogens with zero attached hydrogens (tertiary/aromatic N) is 2. The lowest BCUT2D eigenvalue weighted by molar-refractivity contribution is 0.0940. The van der Waals surface area contributed by atoms with Gasteiger partial charge in [0, 0.05) is 6.20 Å². The molecule has 1 atom stereocenters. The van der Waals surface area contributed by atoms with Crippen molar-refractivity contribution in [2.24, 2.45) is 0 Å². The van der Waals surface area contributed by atoms with Crippen LogP contribution in [0.3, 0.4) is 0 Å². The van der Waals surface area contributed by atoms with Gasteiger partial charge in [-0.05, 0) is 36.8 Å². The first-order chi connectivity index (χ1) is 11.1. The fraction of sp³-hybridized carbons (Fsp3) is 0.111. The smallest absolute Gasteiger partial charge is 0.254 e. The molecule has 5 heteroatoms. The van der Waals surface area contributed by atoms with Crippen molar-refractivity contribution in [2.45, 2.75) is 13.0 Å². The van der Waals surface area contributed by atoms with E-state index in [4.69, 9.17) is 0 Å². The minimum Gasteiger partial charge on any atom is -0.345 e. The second-order valence-corrected chi connectivity index (χ2v) is 5.26. The zero-order chi connectivity index (χ0) is 16.2. The van der Waals surface area contributed by atoms with Gasteiger partial charge in [-0.15, -0.1) is 0 Å². The predicted octanol–water partition coefficient (Wildman–Crippen LogP) is 3.50. The van der Waals surface area contributed by atoms with Crippen molar-refractivity contribution in [1.29, 1.82) is 0 Å². The lowest BCUT2D eigenvalue weighted by atomic mass is 10.1. The molecule has 0 aliphatic heterocycles. The second kappa shape index (κ2) is 6.44. The van der Waals surface area contributed by atoms with Gasteiger partial charge < -0.3 is 5.32 Å². The number of hydrogen-bond acceptors (Lipinski definition) is 2. The third-order valence-corrected chi connectivity index (χ3v) is 3.58. The molecule has 0 saturated carbocycles. The number of aromatic nitrogens is 2. The molecule has 23 heavy (non-hydrogen) atoms.